The van der Waals surface area contributed by atoms with Crippen molar-refractivity contribution in [3.63, 3.8) is 0 Å². The number of nitrogens with one attached hydrogen (secondary N) is 2. The Balaban J connectivity index is 1.73. The van der Waals surface area contributed by atoms with Gasteiger partial charge < -0.3 is 15.4 Å². The molecule has 0 aliphatic rings. The van der Waals surface area contributed by atoms with E-state index in [0.29, 0.717) is 16.3 Å². The third-order valence-corrected chi connectivity index (χ3v) is 4.05. The first-order chi connectivity index (χ1) is 11.8. The SMILES string of the molecule is Cc1nc(C)c(C(=O)OCC(=O)NCC(=O)Nc2ccc(F)cc2)s1. The predicted molar refractivity (Wildman–Crippen MR) is 89.9 cm³/mol. The van der Waals surface area contributed by atoms with Crippen LogP contribution in [0.3, 0.4) is 0 Å². The number of thiazole rings is 1. The van der Waals surface area contributed by atoms with Gasteiger partial charge in [0.05, 0.1) is 17.2 Å². The van der Waals surface area contributed by atoms with Crippen LogP contribution < -0.4 is 10.6 Å². The first-order valence-corrected chi connectivity index (χ1v) is 8.10. The molecule has 0 atom stereocenters. The summed E-state index contributed by atoms with van der Waals surface area (Å²) in [6, 6.07) is 5.21. The summed E-state index contributed by atoms with van der Waals surface area (Å²) in [4.78, 5) is 39.6. The number of aryl methyl sites for hydroxylation is 2. The van der Waals surface area contributed by atoms with Crippen LogP contribution in [-0.2, 0) is 14.3 Å². The normalized spacial score (nSPS) is 10.2. The fraction of sp³-hybridized carbons (Fsp3) is 0.250. The van der Waals surface area contributed by atoms with Gasteiger partial charge in [0, 0.05) is 5.69 Å². The minimum atomic E-state index is -0.631. The fourth-order valence-corrected chi connectivity index (χ4v) is 2.70. The van der Waals surface area contributed by atoms with Gasteiger partial charge >= 0.3 is 5.97 Å². The summed E-state index contributed by atoms with van der Waals surface area (Å²) < 4.78 is 17.7. The van der Waals surface area contributed by atoms with E-state index in [-0.39, 0.29) is 6.54 Å². The lowest BCUT2D eigenvalue weighted by atomic mass is 10.3. The van der Waals surface area contributed by atoms with Crippen LogP contribution in [-0.4, -0.2) is 35.9 Å². The molecule has 2 aromatic rings. The van der Waals surface area contributed by atoms with Crippen molar-refractivity contribution in [1.29, 1.82) is 0 Å². The van der Waals surface area contributed by atoms with Gasteiger partial charge in [-0.1, -0.05) is 0 Å². The fourth-order valence-electron chi connectivity index (χ4n) is 1.89. The Morgan fingerprint density at radius 1 is 1.16 bits per heavy atom. The average Bonchev–Trinajstić information content (AvgIpc) is 2.91. The molecule has 0 saturated heterocycles. The Morgan fingerprint density at radius 2 is 1.84 bits per heavy atom. The molecule has 2 N–H and O–H groups in total. The molecule has 0 unspecified atom stereocenters. The molecule has 1 aromatic heterocycles. The second-order valence-electron chi connectivity index (χ2n) is 5.06. The molecular weight excluding hydrogens is 349 g/mol. The van der Waals surface area contributed by atoms with Crippen LogP contribution >= 0.6 is 11.3 Å². The molecule has 9 heteroatoms. The predicted octanol–water partition coefficient (Wildman–Crippen LogP) is 1.81. The maximum absolute atomic E-state index is 12.8. The van der Waals surface area contributed by atoms with Gasteiger partial charge in [0.25, 0.3) is 5.91 Å². The monoisotopic (exact) mass is 365 g/mol. The van der Waals surface area contributed by atoms with E-state index in [0.717, 1.165) is 5.01 Å². The van der Waals surface area contributed by atoms with Gasteiger partial charge in [0.15, 0.2) is 6.61 Å². The number of hydrogen-bond acceptors (Lipinski definition) is 6. The lowest BCUT2D eigenvalue weighted by molar-refractivity contribution is -0.126. The zero-order chi connectivity index (χ0) is 18.4. The smallest absolute Gasteiger partial charge is 0.350 e. The maximum atomic E-state index is 12.8. The van der Waals surface area contributed by atoms with E-state index in [9.17, 15) is 18.8 Å². The molecular formula is C16H16FN3O4S. The van der Waals surface area contributed by atoms with E-state index in [1.807, 2.05) is 0 Å². The third kappa shape index (κ3) is 5.64. The minimum absolute atomic E-state index is 0.299. The topological polar surface area (TPSA) is 97.4 Å². The highest BCUT2D eigenvalue weighted by Crippen LogP contribution is 2.17. The van der Waals surface area contributed by atoms with E-state index in [4.69, 9.17) is 4.74 Å². The molecule has 2 amide bonds. The van der Waals surface area contributed by atoms with Gasteiger partial charge in [-0.15, -0.1) is 11.3 Å². The lowest BCUT2D eigenvalue weighted by Gasteiger charge is -2.07. The highest BCUT2D eigenvalue weighted by atomic mass is 32.1. The molecule has 0 aliphatic heterocycles. The van der Waals surface area contributed by atoms with Crippen molar-refractivity contribution >= 4 is 34.8 Å². The molecule has 1 heterocycles. The number of hydrogen-bond donors (Lipinski definition) is 2. The lowest BCUT2D eigenvalue weighted by Crippen LogP contribution is -2.35. The quantitative estimate of drug-likeness (QED) is 0.761. The second kappa shape index (κ2) is 8.34. The number of benzene rings is 1. The molecule has 0 aliphatic carbocycles. The minimum Gasteiger partial charge on any atom is -0.451 e. The molecule has 0 saturated carbocycles. The van der Waals surface area contributed by atoms with Gasteiger partial charge in [-0.25, -0.2) is 14.2 Å². The molecule has 7 nitrogen and oxygen atoms in total. The number of esters is 1. The first kappa shape index (κ1) is 18.5. The van der Waals surface area contributed by atoms with Crippen LogP contribution in [0.25, 0.3) is 0 Å². The standard InChI is InChI=1S/C16H16FN3O4S/c1-9-15(25-10(2)19-9)16(23)24-8-14(22)18-7-13(21)20-12-5-3-11(17)4-6-12/h3-6H,7-8H2,1-2H3,(H,18,22)(H,20,21). The summed E-state index contributed by atoms with van der Waals surface area (Å²) in [5.74, 6) is -2.14. The summed E-state index contributed by atoms with van der Waals surface area (Å²) in [7, 11) is 0. The van der Waals surface area contributed by atoms with Gasteiger partial charge in [-0.2, -0.15) is 0 Å². The number of nitrogens with zero attached hydrogens (tertiary/aromatic N) is 1. The number of rotatable bonds is 6. The maximum Gasteiger partial charge on any atom is 0.350 e. The van der Waals surface area contributed by atoms with Gasteiger partial charge in [0.1, 0.15) is 10.7 Å². The zero-order valence-electron chi connectivity index (χ0n) is 13.6. The van der Waals surface area contributed by atoms with Crippen molar-refractivity contribution in [1.82, 2.24) is 10.3 Å². The van der Waals surface area contributed by atoms with Crippen LogP contribution in [0.2, 0.25) is 0 Å². The van der Waals surface area contributed by atoms with Crippen molar-refractivity contribution in [2.45, 2.75) is 13.8 Å². The Kier molecular flexibility index (Phi) is 6.18. The summed E-state index contributed by atoms with van der Waals surface area (Å²) in [6.07, 6.45) is 0. The van der Waals surface area contributed by atoms with Crippen LogP contribution in [0.5, 0.6) is 0 Å². The highest BCUT2D eigenvalue weighted by Gasteiger charge is 2.16. The van der Waals surface area contributed by atoms with Crippen molar-refractivity contribution in [2.75, 3.05) is 18.5 Å². The molecule has 0 fully saturated rings. The number of anilines is 1. The van der Waals surface area contributed by atoms with Gasteiger partial charge in [0.2, 0.25) is 5.91 Å². The third-order valence-electron chi connectivity index (χ3n) is 3.00. The summed E-state index contributed by atoms with van der Waals surface area (Å²) in [5.41, 5.74) is 0.953. The summed E-state index contributed by atoms with van der Waals surface area (Å²) >= 11 is 1.19. The first-order valence-electron chi connectivity index (χ1n) is 7.28. The van der Waals surface area contributed by atoms with Gasteiger partial charge in [-0.05, 0) is 38.1 Å². The molecule has 1 aromatic carbocycles. The number of ether oxygens (including phenoxy) is 1. The number of carbonyl (C=O) groups is 3. The molecule has 25 heavy (non-hydrogen) atoms. The van der Waals surface area contributed by atoms with Crippen LogP contribution in [0.15, 0.2) is 24.3 Å². The number of halogens is 1. The Bertz CT molecular complexity index is 789. The van der Waals surface area contributed by atoms with E-state index in [2.05, 4.69) is 15.6 Å². The van der Waals surface area contributed by atoms with Crippen LogP contribution in [0.4, 0.5) is 10.1 Å². The van der Waals surface area contributed by atoms with E-state index in [1.165, 1.54) is 35.6 Å². The van der Waals surface area contributed by atoms with Crippen LogP contribution in [0, 0.1) is 19.7 Å². The van der Waals surface area contributed by atoms with E-state index < -0.39 is 30.2 Å². The van der Waals surface area contributed by atoms with Crippen molar-refractivity contribution in [3.8, 4) is 0 Å². The Hall–Kier alpha value is -2.81. The number of amides is 2. The number of aromatic nitrogens is 1. The Labute approximate surface area is 147 Å². The molecule has 2 rings (SSSR count). The van der Waals surface area contributed by atoms with E-state index >= 15 is 0 Å². The number of carbonyl (C=O) groups excluding carboxylic acids is 3. The van der Waals surface area contributed by atoms with Crippen molar-refractivity contribution < 1.29 is 23.5 Å². The van der Waals surface area contributed by atoms with Gasteiger partial charge in [-0.3, -0.25) is 9.59 Å². The molecule has 132 valence electrons. The summed E-state index contributed by atoms with van der Waals surface area (Å²) in [6.45, 7) is 2.65. The highest BCUT2D eigenvalue weighted by molar-refractivity contribution is 7.13. The molecule has 0 spiro atoms. The second-order valence-corrected chi connectivity index (χ2v) is 6.26. The van der Waals surface area contributed by atoms with Crippen molar-refractivity contribution in [3.05, 3.63) is 45.7 Å². The van der Waals surface area contributed by atoms with Crippen LogP contribution in [0.1, 0.15) is 20.4 Å². The Morgan fingerprint density at radius 3 is 2.44 bits per heavy atom. The summed E-state index contributed by atoms with van der Waals surface area (Å²) in [5, 5.41) is 5.55. The van der Waals surface area contributed by atoms with E-state index in [1.54, 1.807) is 13.8 Å². The molecule has 0 radical (unpaired) electrons. The van der Waals surface area contributed by atoms with Crippen molar-refractivity contribution in [2.24, 2.45) is 0 Å². The molecule has 0 bridgehead atoms. The zero-order valence-corrected chi connectivity index (χ0v) is 14.4. The average molecular weight is 365 g/mol. The largest absolute Gasteiger partial charge is 0.451 e.